The number of pyridine rings is 1. The van der Waals surface area contributed by atoms with Crippen LogP contribution in [-0.4, -0.2) is 54.1 Å². The number of aliphatic hydroxyl groups excluding tert-OH is 1. The van der Waals surface area contributed by atoms with Gasteiger partial charge >= 0.3 is 0 Å². The summed E-state index contributed by atoms with van der Waals surface area (Å²) in [6.07, 6.45) is 10.9. The predicted octanol–water partition coefficient (Wildman–Crippen LogP) is 7.25. The smallest absolute Gasteiger partial charge is 0.163 e. The number of benzene rings is 3. The second kappa shape index (κ2) is 20.9. The minimum atomic E-state index is -0.431. The predicted molar refractivity (Wildman–Crippen MR) is 210 cm³/mol. The monoisotopic (exact) mass is 705 g/mol. The van der Waals surface area contributed by atoms with Crippen LogP contribution in [0.15, 0.2) is 85.1 Å². The number of aromatic nitrogens is 1. The number of nitrogens with one attached hydrogen (secondary N) is 1. The number of anilines is 1. The second-order valence-electron chi connectivity index (χ2n) is 13.8. The number of hydrogen-bond acceptors (Lipinski definition) is 8. The zero-order valence-corrected chi connectivity index (χ0v) is 31.0. The molecule has 8 heteroatoms. The van der Waals surface area contributed by atoms with Crippen LogP contribution in [0.2, 0.25) is 0 Å². The highest BCUT2D eigenvalue weighted by molar-refractivity contribution is 6.07. The van der Waals surface area contributed by atoms with Crippen LogP contribution in [0.3, 0.4) is 0 Å². The Bertz CT molecular complexity index is 1790. The number of hydrogen-bond donors (Lipinski definition) is 4. The van der Waals surface area contributed by atoms with Crippen molar-refractivity contribution in [3.63, 3.8) is 0 Å². The molecule has 52 heavy (non-hydrogen) atoms. The summed E-state index contributed by atoms with van der Waals surface area (Å²) in [6.45, 7) is 2.75. The highest BCUT2D eigenvalue weighted by atomic mass is 16.5. The van der Waals surface area contributed by atoms with Gasteiger partial charge in [-0.1, -0.05) is 74.4 Å². The standard InChI is InChI=1S/C44H55N3O5/c1-31(28-46-2)11-6-4-9-16-39(49)26-40(50)23-38(30-48)41-27-43(52-3)42(51)24-36(41)22-37-29-47-44(45)25-35(37)20-19-34-15-10-14-33(21-34)18-17-32-12-7-5-8-13-32/h5,7-8,10,12-15,21,23-25,27,29,31,46,48,51H,4,6,9,11,16-20,22,26,28,30H2,1-3H3,(H2,45,47). The van der Waals surface area contributed by atoms with E-state index >= 15 is 0 Å². The molecule has 1 unspecified atom stereocenters. The number of aromatic hydroxyl groups is 1. The molecule has 0 aliphatic heterocycles. The van der Waals surface area contributed by atoms with Crippen LogP contribution in [-0.2, 0) is 41.7 Å². The number of ketones is 2. The van der Waals surface area contributed by atoms with Crippen LogP contribution >= 0.6 is 0 Å². The first kappa shape index (κ1) is 40.0. The molecule has 8 nitrogen and oxygen atoms in total. The molecule has 4 aromatic rings. The number of allylic oxidation sites excluding steroid dienone is 1. The van der Waals surface area contributed by atoms with Crippen LogP contribution in [0.25, 0.3) is 5.57 Å². The van der Waals surface area contributed by atoms with Gasteiger partial charge in [0.15, 0.2) is 17.3 Å². The molecule has 1 atom stereocenters. The van der Waals surface area contributed by atoms with E-state index in [9.17, 15) is 19.8 Å². The van der Waals surface area contributed by atoms with E-state index in [1.165, 1.54) is 29.9 Å². The minimum absolute atomic E-state index is 0.0577. The number of aliphatic hydroxyl groups is 1. The molecule has 0 saturated carbocycles. The van der Waals surface area contributed by atoms with E-state index in [0.717, 1.165) is 69.0 Å². The fourth-order valence-corrected chi connectivity index (χ4v) is 6.69. The molecule has 0 saturated heterocycles. The summed E-state index contributed by atoms with van der Waals surface area (Å²) in [5.74, 6) is 0.697. The van der Waals surface area contributed by atoms with Crippen molar-refractivity contribution in [2.24, 2.45) is 5.92 Å². The number of Topliss-reactive ketones (excluding diaryl/α,β-unsaturated/α-hetero) is 1. The molecule has 1 aromatic heterocycles. The number of nitrogen functional groups attached to an aromatic ring is 1. The van der Waals surface area contributed by atoms with Crippen molar-refractivity contribution >= 4 is 23.0 Å². The fraction of sp³-hybridized carbons (Fsp3) is 0.386. The number of rotatable bonds is 22. The number of aryl methyl sites for hydroxylation is 4. The third kappa shape index (κ3) is 12.8. The molecule has 5 N–H and O–H groups in total. The van der Waals surface area contributed by atoms with Gasteiger partial charge in [0.25, 0.3) is 0 Å². The van der Waals surface area contributed by atoms with Crippen molar-refractivity contribution in [3.05, 3.63) is 124 Å². The Morgan fingerprint density at radius 2 is 1.60 bits per heavy atom. The normalized spacial score (nSPS) is 12.1. The van der Waals surface area contributed by atoms with E-state index in [1.807, 2.05) is 19.2 Å². The maximum absolute atomic E-state index is 13.1. The maximum Gasteiger partial charge on any atom is 0.163 e. The van der Waals surface area contributed by atoms with E-state index in [-0.39, 0.29) is 29.5 Å². The third-order valence-corrected chi connectivity index (χ3v) is 9.54. The summed E-state index contributed by atoms with van der Waals surface area (Å²) in [4.78, 5) is 30.1. The fourth-order valence-electron chi connectivity index (χ4n) is 6.69. The third-order valence-electron chi connectivity index (χ3n) is 9.54. The Labute approximate surface area is 309 Å². The number of phenolic OH excluding ortho intramolecular Hbond substituents is 1. The number of nitrogens with zero attached hydrogens (tertiary/aromatic N) is 1. The Morgan fingerprint density at radius 3 is 2.31 bits per heavy atom. The van der Waals surface area contributed by atoms with Crippen LogP contribution in [0.1, 0.15) is 84.4 Å². The Kier molecular flexibility index (Phi) is 16.1. The minimum Gasteiger partial charge on any atom is -0.504 e. The molecule has 0 fully saturated rings. The summed E-state index contributed by atoms with van der Waals surface area (Å²) in [5, 5.41) is 24.4. The van der Waals surface area contributed by atoms with E-state index in [4.69, 9.17) is 10.5 Å². The molecule has 3 aromatic carbocycles. The molecule has 0 aliphatic carbocycles. The lowest BCUT2D eigenvalue weighted by molar-refractivity contribution is -0.124. The summed E-state index contributed by atoms with van der Waals surface area (Å²) in [7, 11) is 3.40. The van der Waals surface area contributed by atoms with Crippen LogP contribution in [0.5, 0.6) is 11.5 Å². The number of unbranched alkanes of at least 4 members (excludes halogenated alkanes) is 2. The van der Waals surface area contributed by atoms with Gasteiger partial charge in [0.2, 0.25) is 0 Å². The van der Waals surface area contributed by atoms with Crippen molar-refractivity contribution in [2.45, 2.75) is 77.6 Å². The van der Waals surface area contributed by atoms with E-state index in [1.54, 1.807) is 18.3 Å². The number of phenols is 1. The first-order valence-electron chi connectivity index (χ1n) is 18.4. The van der Waals surface area contributed by atoms with Gasteiger partial charge in [-0.25, -0.2) is 4.98 Å². The number of carbonyl (C=O) groups excluding carboxylic acids is 2. The van der Waals surface area contributed by atoms with Crippen LogP contribution in [0.4, 0.5) is 5.82 Å². The molecular formula is C44H55N3O5. The van der Waals surface area contributed by atoms with Gasteiger partial charge in [-0.05, 0) is 133 Å². The zero-order chi connectivity index (χ0) is 37.3. The molecule has 1 heterocycles. The van der Waals surface area contributed by atoms with Crippen LogP contribution < -0.4 is 15.8 Å². The van der Waals surface area contributed by atoms with Crippen molar-refractivity contribution in [3.8, 4) is 11.5 Å². The molecular weight excluding hydrogens is 650 g/mol. The molecule has 276 valence electrons. The summed E-state index contributed by atoms with van der Waals surface area (Å²) in [5.41, 5.74) is 13.5. The van der Waals surface area contributed by atoms with E-state index < -0.39 is 6.61 Å². The topological polar surface area (TPSA) is 135 Å². The number of methoxy groups -OCH3 is 1. The van der Waals surface area contributed by atoms with Gasteiger partial charge in [0, 0.05) is 12.6 Å². The van der Waals surface area contributed by atoms with Gasteiger partial charge in [0.1, 0.15) is 11.6 Å². The van der Waals surface area contributed by atoms with E-state index in [2.05, 4.69) is 65.8 Å². The zero-order valence-electron chi connectivity index (χ0n) is 31.0. The Morgan fingerprint density at radius 1 is 0.885 bits per heavy atom. The van der Waals surface area contributed by atoms with Crippen molar-refractivity contribution in [1.82, 2.24) is 10.3 Å². The summed E-state index contributed by atoms with van der Waals surface area (Å²) < 4.78 is 5.40. The van der Waals surface area contributed by atoms with Gasteiger partial charge in [-0.3, -0.25) is 9.59 Å². The van der Waals surface area contributed by atoms with Gasteiger partial charge in [-0.2, -0.15) is 0 Å². The average molecular weight is 706 g/mol. The highest BCUT2D eigenvalue weighted by Gasteiger charge is 2.18. The molecule has 0 amide bonds. The average Bonchev–Trinajstić information content (AvgIpc) is 3.14. The molecule has 0 bridgehead atoms. The van der Waals surface area contributed by atoms with Crippen LogP contribution in [0, 0.1) is 5.92 Å². The van der Waals surface area contributed by atoms with Crippen molar-refractivity contribution in [2.75, 3.05) is 33.0 Å². The summed E-state index contributed by atoms with van der Waals surface area (Å²) >= 11 is 0. The molecule has 0 aliphatic rings. The lowest BCUT2D eigenvalue weighted by atomic mass is 9.91. The SMILES string of the molecule is CNCC(C)CCCCCC(=O)CC(=O)C=C(CO)c1cc(OC)c(O)cc1Cc1cnc(N)cc1CCc1cccc(CCc2ccccc2)c1. The Balaban J connectivity index is 1.46. The lowest BCUT2D eigenvalue weighted by Gasteiger charge is -2.17. The van der Waals surface area contributed by atoms with Crippen molar-refractivity contribution < 1.29 is 24.5 Å². The highest BCUT2D eigenvalue weighted by Crippen LogP contribution is 2.35. The quantitative estimate of drug-likeness (QED) is 0.0382. The van der Waals surface area contributed by atoms with E-state index in [0.29, 0.717) is 41.3 Å². The Hall–Kier alpha value is -4.79. The second-order valence-corrected chi connectivity index (χ2v) is 13.8. The summed E-state index contributed by atoms with van der Waals surface area (Å²) in [6, 6.07) is 24.3. The maximum atomic E-state index is 13.1. The van der Waals surface area contributed by atoms with Crippen molar-refractivity contribution in [1.29, 1.82) is 0 Å². The lowest BCUT2D eigenvalue weighted by Crippen LogP contribution is -2.15. The van der Waals surface area contributed by atoms with Gasteiger partial charge < -0.3 is 26.0 Å². The first-order valence-corrected chi connectivity index (χ1v) is 18.4. The molecule has 0 radical (unpaired) electrons. The van der Waals surface area contributed by atoms with Gasteiger partial charge in [-0.15, -0.1) is 0 Å². The van der Waals surface area contributed by atoms with Gasteiger partial charge in [0.05, 0.1) is 20.1 Å². The largest absolute Gasteiger partial charge is 0.504 e. The number of carbonyl (C=O) groups is 2. The number of ether oxygens (including phenoxy) is 1. The number of nitrogens with two attached hydrogens (primary N) is 1. The first-order chi connectivity index (χ1) is 25.2. The molecule has 4 rings (SSSR count). The molecule has 0 spiro atoms.